The maximum absolute atomic E-state index is 11.5. The van der Waals surface area contributed by atoms with Gasteiger partial charge in [0.2, 0.25) is 0 Å². The van der Waals surface area contributed by atoms with Gasteiger partial charge < -0.3 is 4.90 Å². The predicted molar refractivity (Wildman–Crippen MR) is 103 cm³/mol. The number of hydrogen-bond donors (Lipinski definition) is 1. The Morgan fingerprint density at radius 1 is 1.23 bits per heavy atom. The van der Waals surface area contributed by atoms with Crippen LogP contribution in [0.25, 0.3) is 0 Å². The minimum atomic E-state index is 0.150. The Morgan fingerprint density at radius 2 is 1.82 bits per heavy atom. The predicted octanol–water partition coefficient (Wildman–Crippen LogP) is -0.287. The average Bonchev–Trinajstić information content (AvgIpc) is 2.72. The zero-order valence-electron chi connectivity index (χ0n) is 12.9. The third kappa shape index (κ3) is 5.55. The summed E-state index contributed by atoms with van der Waals surface area (Å²) < 4.78 is 0. The maximum atomic E-state index is 11.5. The van der Waals surface area contributed by atoms with E-state index < -0.39 is 0 Å². The molecule has 2 rings (SSSR count). The number of hydrogen-bond acceptors (Lipinski definition) is 3. The molecule has 0 spiro atoms. The summed E-state index contributed by atoms with van der Waals surface area (Å²) in [6.45, 7) is 6.22. The van der Waals surface area contributed by atoms with E-state index in [2.05, 4.69) is 55.1 Å². The first-order chi connectivity index (χ1) is 10.5. The number of benzene rings is 1. The number of carbonyl (C=O) groups is 2. The summed E-state index contributed by atoms with van der Waals surface area (Å²) in [5.74, 6) is 0.324. The molecule has 1 aliphatic heterocycles. The number of anilines is 1. The van der Waals surface area contributed by atoms with E-state index in [9.17, 15) is 9.59 Å². The van der Waals surface area contributed by atoms with Gasteiger partial charge in [0.25, 0.3) is 0 Å². The van der Waals surface area contributed by atoms with Gasteiger partial charge in [-0.15, -0.1) is 0 Å². The number of quaternary nitrogens is 1. The summed E-state index contributed by atoms with van der Waals surface area (Å²) >= 11 is 5.30. The Morgan fingerprint density at radius 3 is 2.32 bits per heavy atom. The van der Waals surface area contributed by atoms with Crippen LogP contribution in [0.1, 0.15) is 27.2 Å². The molecule has 2 unspecified atom stereocenters. The second-order valence-corrected chi connectivity index (χ2v) is 21.5. The summed E-state index contributed by atoms with van der Waals surface area (Å²) in [6, 6.07) is 8.06. The second kappa shape index (κ2) is 10.4. The number of carbonyl (C=O) groups excluding carboxylic acids is 2. The fourth-order valence-electron chi connectivity index (χ4n) is 2.91. The van der Waals surface area contributed by atoms with Crippen molar-refractivity contribution in [1.29, 1.82) is 0 Å². The molecule has 2 atom stereocenters. The number of ketones is 2. The fraction of sp³-hybridized carbons (Fsp3) is 0.467. The van der Waals surface area contributed by atoms with Crippen LogP contribution < -0.4 is 23.1 Å². The van der Waals surface area contributed by atoms with E-state index in [1.165, 1.54) is 0 Å². The van der Waals surface area contributed by atoms with E-state index in [1.807, 2.05) is 18.2 Å². The van der Waals surface area contributed by atoms with Crippen molar-refractivity contribution in [2.75, 3.05) is 18.0 Å². The topological polar surface area (TPSA) is 41.8 Å². The molecular weight excluding hydrogens is 621 g/mol. The number of rotatable bonds is 5. The molecule has 0 saturated heterocycles. The van der Waals surface area contributed by atoms with Crippen molar-refractivity contribution in [3.63, 3.8) is 0 Å². The molecule has 1 aromatic carbocycles. The zero-order chi connectivity index (χ0) is 16.7. The SMILES string of the molecule is CCC1N(CC(C)=O)c2ccccc2[NH+]1CC(C)=O.I[I-]I. The Kier molecular flexibility index (Phi) is 9.71. The normalized spacial score (nSPS) is 19.4. The molecule has 0 saturated carbocycles. The van der Waals surface area contributed by atoms with Crippen molar-refractivity contribution in [2.45, 2.75) is 33.4 Å². The summed E-state index contributed by atoms with van der Waals surface area (Å²) in [5, 5.41) is 0. The van der Waals surface area contributed by atoms with Gasteiger partial charge in [0, 0.05) is 19.4 Å². The standard InChI is InChI=1S/C15H20N2O2.I3/c1-4-15-16(9-11(2)18)13-7-5-6-8-14(13)17(15)10-12(3)19;1-3-2/h5-8,15H,4,9-10H2,1-3H3;/q;-1/p+1. The fourth-order valence-corrected chi connectivity index (χ4v) is 2.91. The molecule has 0 aromatic heterocycles. The van der Waals surface area contributed by atoms with Crippen LogP contribution in [0, 0.1) is 0 Å². The van der Waals surface area contributed by atoms with Gasteiger partial charge in [-0.2, -0.15) is 0 Å². The molecule has 1 heterocycles. The van der Waals surface area contributed by atoms with Gasteiger partial charge in [-0.1, -0.05) is 19.1 Å². The molecule has 1 aliphatic rings. The number of fused-ring (bicyclic) bond motifs is 1. The third-order valence-corrected chi connectivity index (χ3v) is 3.56. The molecular formula is C15H21I3N2O2. The van der Waals surface area contributed by atoms with Gasteiger partial charge in [-0.05, 0) is 13.0 Å². The molecule has 4 nitrogen and oxygen atoms in total. The number of nitrogens with one attached hydrogen (secondary N) is 1. The van der Waals surface area contributed by atoms with Gasteiger partial charge in [-0.25, -0.2) is 0 Å². The molecule has 0 radical (unpaired) electrons. The van der Waals surface area contributed by atoms with Crippen molar-refractivity contribution in [1.82, 2.24) is 0 Å². The van der Waals surface area contributed by atoms with E-state index in [4.69, 9.17) is 0 Å². The number of para-hydroxylation sites is 2. The van der Waals surface area contributed by atoms with Gasteiger partial charge in [0.05, 0.1) is 6.54 Å². The molecule has 0 fully saturated rings. The van der Waals surface area contributed by atoms with Crippen LogP contribution in [0.5, 0.6) is 0 Å². The van der Waals surface area contributed by atoms with Crippen LogP contribution in [-0.2, 0) is 9.59 Å². The summed E-state index contributed by atoms with van der Waals surface area (Å²) in [4.78, 5) is 26.3. The van der Waals surface area contributed by atoms with Gasteiger partial charge in [0.15, 0.2) is 17.6 Å². The second-order valence-electron chi connectivity index (χ2n) is 5.23. The first-order valence-electron chi connectivity index (χ1n) is 7.03. The van der Waals surface area contributed by atoms with E-state index in [0.717, 1.165) is 22.7 Å². The Hall–Kier alpha value is 0.510. The molecule has 0 amide bonds. The van der Waals surface area contributed by atoms with Crippen molar-refractivity contribution >= 4 is 60.2 Å². The van der Waals surface area contributed by atoms with E-state index in [-0.39, 0.29) is 17.7 Å². The number of Topliss-reactive ketones (excluding diaryl/α,β-unsaturated/α-hetero) is 2. The van der Waals surface area contributed by atoms with Crippen LogP contribution in [0.4, 0.5) is 11.4 Å². The van der Waals surface area contributed by atoms with Gasteiger partial charge >= 0.3 is 50.5 Å². The van der Waals surface area contributed by atoms with Crippen molar-refractivity contribution in [3.8, 4) is 0 Å². The zero-order valence-corrected chi connectivity index (χ0v) is 19.4. The number of nitrogens with zero attached hydrogens (tertiary/aromatic N) is 1. The first-order valence-corrected chi connectivity index (χ1v) is 19.6. The third-order valence-electron chi connectivity index (χ3n) is 3.56. The molecule has 7 heteroatoms. The monoisotopic (exact) mass is 642 g/mol. The molecule has 0 bridgehead atoms. The molecule has 22 heavy (non-hydrogen) atoms. The Labute approximate surface area is 162 Å². The van der Waals surface area contributed by atoms with Crippen molar-refractivity contribution < 1.29 is 27.7 Å². The minimum absolute atomic E-state index is 0.150. The van der Waals surface area contributed by atoms with Gasteiger partial charge in [-0.3, -0.25) is 14.5 Å². The van der Waals surface area contributed by atoms with Crippen LogP contribution >= 0.6 is 37.2 Å². The van der Waals surface area contributed by atoms with Crippen LogP contribution in [0.3, 0.4) is 0 Å². The summed E-state index contributed by atoms with van der Waals surface area (Å²) in [5.41, 5.74) is 2.21. The van der Waals surface area contributed by atoms with Crippen molar-refractivity contribution in [3.05, 3.63) is 24.3 Å². The Balaban J connectivity index is 0.000000745. The number of halogens is 3. The van der Waals surface area contributed by atoms with E-state index >= 15 is 0 Å². The van der Waals surface area contributed by atoms with Crippen LogP contribution in [-0.4, -0.2) is 30.8 Å². The summed E-state index contributed by atoms with van der Waals surface area (Å²) in [6.07, 6.45) is 1.08. The van der Waals surface area contributed by atoms with Crippen LogP contribution in [0.2, 0.25) is 0 Å². The quantitative estimate of drug-likeness (QED) is 0.450. The van der Waals surface area contributed by atoms with E-state index in [0.29, 0.717) is 26.3 Å². The Bertz CT molecular complexity index is 482. The first kappa shape index (κ1) is 20.6. The molecule has 1 N–H and O–H groups in total. The molecule has 1 aromatic rings. The van der Waals surface area contributed by atoms with E-state index in [1.54, 1.807) is 13.8 Å². The molecule has 0 aliphatic carbocycles. The van der Waals surface area contributed by atoms with Crippen molar-refractivity contribution in [2.24, 2.45) is 0 Å². The molecule has 124 valence electrons. The average molecular weight is 642 g/mol. The van der Waals surface area contributed by atoms with Crippen LogP contribution in [0.15, 0.2) is 24.3 Å². The summed E-state index contributed by atoms with van der Waals surface area (Å²) in [7, 11) is 0. The van der Waals surface area contributed by atoms with Gasteiger partial charge in [0.1, 0.15) is 18.0 Å².